The zero-order valence-corrected chi connectivity index (χ0v) is 13.2. The van der Waals surface area contributed by atoms with E-state index in [0.29, 0.717) is 13.0 Å². The van der Waals surface area contributed by atoms with E-state index in [1.54, 1.807) is 0 Å². The van der Waals surface area contributed by atoms with Crippen molar-refractivity contribution in [2.24, 2.45) is 0 Å². The van der Waals surface area contributed by atoms with Crippen molar-refractivity contribution >= 4 is 10.9 Å². The lowest BCUT2D eigenvalue weighted by Crippen LogP contribution is -2.14. The number of fused-ring (bicyclic) bond motifs is 1. The number of nitrogens with zero attached hydrogens (tertiary/aromatic N) is 1. The van der Waals surface area contributed by atoms with Gasteiger partial charge in [0.05, 0.1) is 18.8 Å². The molecular weight excluding hydrogens is 267 g/mol. The SMILES string of the molecule is CCOc1ccc(CCCF)c2[nH]cc(CCN(C)C)c12. The number of H-pyrrole nitrogens is 1. The lowest BCUT2D eigenvalue weighted by molar-refractivity contribution is 0.344. The molecule has 0 fully saturated rings. The minimum atomic E-state index is -0.275. The Hall–Kier alpha value is -1.55. The van der Waals surface area contributed by atoms with E-state index in [2.05, 4.69) is 36.2 Å². The Labute approximate surface area is 126 Å². The van der Waals surface area contributed by atoms with Crippen LogP contribution in [-0.2, 0) is 12.8 Å². The first-order valence-electron chi connectivity index (χ1n) is 7.62. The van der Waals surface area contributed by atoms with E-state index in [9.17, 15) is 4.39 Å². The predicted octanol–water partition coefficient (Wildman–Crippen LogP) is 3.57. The molecule has 0 atom stereocenters. The van der Waals surface area contributed by atoms with Gasteiger partial charge >= 0.3 is 0 Å². The molecule has 0 amide bonds. The minimum Gasteiger partial charge on any atom is -0.493 e. The fraction of sp³-hybridized carbons (Fsp3) is 0.529. The van der Waals surface area contributed by atoms with Crippen LogP contribution in [-0.4, -0.2) is 43.8 Å². The van der Waals surface area contributed by atoms with Gasteiger partial charge < -0.3 is 14.6 Å². The summed E-state index contributed by atoms with van der Waals surface area (Å²) < 4.78 is 18.2. The highest BCUT2D eigenvalue weighted by Crippen LogP contribution is 2.32. The molecule has 0 saturated heterocycles. The molecule has 3 nitrogen and oxygen atoms in total. The quantitative estimate of drug-likeness (QED) is 0.805. The van der Waals surface area contributed by atoms with Gasteiger partial charge in [-0.15, -0.1) is 0 Å². The van der Waals surface area contributed by atoms with Gasteiger partial charge in [0.15, 0.2) is 0 Å². The van der Waals surface area contributed by atoms with E-state index in [1.807, 2.05) is 13.0 Å². The average molecular weight is 292 g/mol. The van der Waals surface area contributed by atoms with E-state index in [0.717, 1.165) is 36.0 Å². The van der Waals surface area contributed by atoms with Crippen molar-refractivity contribution in [1.82, 2.24) is 9.88 Å². The molecule has 1 heterocycles. The third kappa shape index (κ3) is 3.76. The summed E-state index contributed by atoms with van der Waals surface area (Å²) in [5.41, 5.74) is 3.54. The molecule has 2 aromatic rings. The first-order chi connectivity index (χ1) is 10.2. The number of hydrogen-bond donors (Lipinski definition) is 1. The number of likely N-dealkylation sites (N-methyl/N-ethyl adjacent to an activating group) is 1. The first-order valence-corrected chi connectivity index (χ1v) is 7.62. The minimum absolute atomic E-state index is 0.275. The maximum atomic E-state index is 12.5. The third-order valence-electron chi connectivity index (χ3n) is 3.67. The fourth-order valence-corrected chi connectivity index (χ4v) is 2.62. The summed E-state index contributed by atoms with van der Waals surface area (Å²) in [6.45, 7) is 3.36. The van der Waals surface area contributed by atoms with Gasteiger partial charge in [0.1, 0.15) is 5.75 Å². The zero-order chi connectivity index (χ0) is 15.2. The van der Waals surface area contributed by atoms with Crippen LogP contribution in [0, 0.1) is 0 Å². The van der Waals surface area contributed by atoms with Crippen molar-refractivity contribution < 1.29 is 9.13 Å². The molecule has 0 aliphatic heterocycles. The predicted molar refractivity (Wildman–Crippen MR) is 86.0 cm³/mol. The van der Waals surface area contributed by atoms with Crippen molar-refractivity contribution in [3.63, 3.8) is 0 Å². The number of hydrogen-bond acceptors (Lipinski definition) is 2. The van der Waals surface area contributed by atoms with Crippen molar-refractivity contribution in [1.29, 1.82) is 0 Å². The molecule has 0 unspecified atom stereocenters. The Balaban J connectivity index is 2.40. The number of rotatable bonds is 8. The van der Waals surface area contributed by atoms with E-state index < -0.39 is 0 Å². The van der Waals surface area contributed by atoms with Crippen LogP contribution in [0.1, 0.15) is 24.5 Å². The highest BCUT2D eigenvalue weighted by atomic mass is 19.1. The van der Waals surface area contributed by atoms with E-state index in [4.69, 9.17) is 4.74 Å². The van der Waals surface area contributed by atoms with E-state index >= 15 is 0 Å². The Kier molecular flexibility index (Phi) is 5.62. The normalized spacial score (nSPS) is 11.5. The van der Waals surface area contributed by atoms with Crippen molar-refractivity contribution in [3.8, 4) is 5.75 Å². The molecular formula is C17H25FN2O. The maximum Gasteiger partial charge on any atom is 0.128 e. The summed E-state index contributed by atoms with van der Waals surface area (Å²) in [6.07, 6.45) is 4.36. The van der Waals surface area contributed by atoms with Crippen LogP contribution in [0.15, 0.2) is 18.3 Å². The van der Waals surface area contributed by atoms with Crippen LogP contribution in [0.25, 0.3) is 10.9 Å². The zero-order valence-electron chi connectivity index (χ0n) is 13.2. The molecule has 1 aromatic carbocycles. The number of nitrogens with one attached hydrogen (secondary N) is 1. The highest BCUT2D eigenvalue weighted by molar-refractivity contribution is 5.91. The van der Waals surface area contributed by atoms with Gasteiger partial charge in [-0.1, -0.05) is 6.07 Å². The third-order valence-corrected chi connectivity index (χ3v) is 3.67. The number of aromatic amines is 1. The van der Waals surface area contributed by atoms with Gasteiger partial charge in [0, 0.05) is 18.1 Å². The van der Waals surface area contributed by atoms with Gasteiger partial charge in [-0.3, -0.25) is 4.39 Å². The standard InChI is InChI=1S/C17H25FN2O/c1-4-21-15-8-7-13(6-5-10-18)17-16(15)14(12-19-17)9-11-20(2)3/h7-8,12,19H,4-6,9-11H2,1-3H3. The Morgan fingerprint density at radius 2 is 2.00 bits per heavy atom. The second-order valence-electron chi connectivity index (χ2n) is 5.57. The van der Waals surface area contributed by atoms with E-state index in [-0.39, 0.29) is 6.67 Å². The van der Waals surface area contributed by atoms with Crippen LogP contribution in [0.5, 0.6) is 5.75 Å². The lowest BCUT2D eigenvalue weighted by Gasteiger charge is -2.12. The molecule has 0 saturated carbocycles. The number of benzene rings is 1. The smallest absolute Gasteiger partial charge is 0.128 e. The van der Waals surface area contributed by atoms with Gasteiger partial charge in [-0.05, 0) is 57.5 Å². The summed E-state index contributed by atoms with van der Waals surface area (Å²) in [4.78, 5) is 5.54. The highest BCUT2D eigenvalue weighted by Gasteiger charge is 2.13. The summed E-state index contributed by atoms with van der Waals surface area (Å²) in [6, 6.07) is 4.07. The Bertz CT molecular complexity index is 577. The molecule has 1 N–H and O–H groups in total. The number of aryl methyl sites for hydroxylation is 1. The molecule has 116 valence electrons. The van der Waals surface area contributed by atoms with Crippen LogP contribution < -0.4 is 4.74 Å². The van der Waals surface area contributed by atoms with Gasteiger partial charge in [-0.25, -0.2) is 0 Å². The molecule has 0 aliphatic rings. The summed E-state index contributed by atoms with van der Waals surface area (Å²) in [5.74, 6) is 0.923. The molecule has 0 spiro atoms. The monoisotopic (exact) mass is 292 g/mol. The molecule has 2 rings (SSSR count). The van der Waals surface area contributed by atoms with Crippen molar-refractivity contribution in [3.05, 3.63) is 29.5 Å². The van der Waals surface area contributed by atoms with Crippen LogP contribution in [0.4, 0.5) is 4.39 Å². The van der Waals surface area contributed by atoms with Crippen LogP contribution in [0.2, 0.25) is 0 Å². The molecule has 0 bridgehead atoms. The Morgan fingerprint density at radius 3 is 2.67 bits per heavy atom. The molecule has 0 aliphatic carbocycles. The number of aromatic nitrogens is 1. The first kappa shape index (κ1) is 15.8. The lowest BCUT2D eigenvalue weighted by atomic mass is 10.0. The number of halogens is 1. The number of ether oxygens (including phenoxy) is 1. The maximum absolute atomic E-state index is 12.5. The van der Waals surface area contributed by atoms with Crippen molar-refractivity contribution in [2.45, 2.75) is 26.2 Å². The van der Waals surface area contributed by atoms with Gasteiger partial charge in [0.2, 0.25) is 0 Å². The molecule has 0 radical (unpaired) electrons. The average Bonchev–Trinajstić information content (AvgIpc) is 2.89. The molecule has 1 aromatic heterocycles. The number of alkyl halides is 1. The summed E-state index contributed by atoms with van der Waals surface area (Å²) >= 11 is 0. The second kappa shape index (κ2) is 7.46. The summed E-state index contributed by atoms with van der Waals surface area (Å²) in [5, 5.41) is 1.16. The fourth-order valence-electron chi connectivity index (χ4n) is 2.62. The van der Waals surface area contributed by atoms with Gasteiger partial charge in [-0.2, -0.15) is 0 Å². The van der Waals surface area contributed by atoms with Crippen LogP contribution in [0.3, 0.4) is 0 Å². The van der Waals surface area contributed by atoms with Crippen molar-refractivity contribution in [2.75, 3.05) is 33.9 Å². The van der Waals surface area contributed by atoms with Gasteiger partial charge in [0.25, 0.3) is 0 Å². The summed E-state index contributed by atoms with van der Waals surface area (Å²) in [7, 11) is 4.15. The Morgan fingerprint density at radius 1 is 1.19 bits per heavy atom. The second-order valence-corrected chi connectivity index (χ2v) is 5.57. The largest absolute Gasteiger partial charge is 0.493 e. The topological polar surface area (TPSA) is 28.3 Å². The molecule has 4 heteroatoms. The molecule has 21 heavy (non-hydrogen) atoms. The van der Waals surface area contributed by atoms with E-state index in [1.165, 1.54) is 11.1 Å². The van der Waals surface area contributed by atoms with Crippen LogP contribution >= 0.6 is 0 Å².